The summed E-state index contributed by atoms with van der Waals surface area (Å²) in [6.07, 6.45) is 15.5. The van der Waals surface area contributed by atoms with Crippen molar-refractivity contribution < 1.29 is 27.5 Å². The Bertz CT molecular complexity index is 1520. The third-order valence-electron chi connectivity index (χ3n) is 8.57. The van der Waals surface area contributed by atoms with Crippen LogP contribution in [-0.2, 0) is 24.2 Å². The molecule has 0 spiro atoms. The van der Waals surface area contributed by atoms with E-state index in [4.69, 9.17) is 14.5 Å². The number of esters is 1. The van der Waals surface area contributed by atoms with E-state index < -0.39 is 9.84 Å². The van der Waals surface area contributed by atoms with E-state index in [1.807, 2.05) is 41.1 Å². The molecule has 5 rings (SSSR count). The minimum atomic E-state index is -2.97. The first kappa shape index (κ1) is 38.7. The predicted molar refractivity (Wildman–Crippen MR) is 190 cm³/mol. The van der Waals surface area contributed by atoms with Crippen molar-refractivity contribution in [3.63, 3.8) is 0 Å². The van der Waals surface area contributed by atoms with Gasteiger partial charge in [0.25, 0.3) is 0 Å². The zero-order valence-corrected chi connectivity index (χ0v) is 29.8. The highest BCUT2D eigenvalue weighted by Gasteiger charge is 2.22. The standard InChI is InChI=1S/C22H28N4O3S.C12H21NO3.CH5N/c1-30(27,28)16-6-15-29-20-10-5-9-19-18(20)12-14-26(19)21-11-13-23-22(25-21)24-17-7-3-2-4-8-17;1-3-10(2)8-12(15)16-11-4-6-13(9-14)7-5-11;1-2/h5,9-14,17H,2-4,6-8,15-16H2,1H3,(H,23,24,25);9-11H,3-8H2,1-2H3;2H2,1H3. The van der Waals surface area contributed by atoms with Crippen molar-refractivity contribution in [1.29, 1.82) is 0 Å². The van der Waals surface area contributed by atoms with Crippen LogP contribution < -0.4 is 15.8 Å². The van der Waals surface area contributed by atoms with Crippen molar-refractivity contribution in [2.75, 3.05) is 44.1 Å². The third kappa shape index (κ3) is 12.7. The van der Waals surface area contributed by atoms with Crippen LogP contribution in [0.5, 0.6) is 5.75 Å². The van der Waals surface area contributed by atoms with E-state index in [1.54, 1.807) is 11.1 Å². The minimum absolute atomic E-state index is 0.00718. The predicted octanol–water partition coefficient (Wildman–Crippen LogP) is 5.14. The fraction of sp³-hybridized carbons (Fsp3) is 0.600. The molecule has 1 aliphatic carbocycles. The molecule has 2 aliphatic rings. The van der Waals surface area contributed by atoms with Crippen molar-refractivity contribution in [1.82, 2.24) is 19.4 Å². The maximum absolute atomic E-state index is 11.5. The van der Waals surface area contributed by atoms with Gasteiger partial charge in [0.05, 0.1) is 17.9 Å². The number of anilines is 1. The second kappa shape index (κ2) is 20.0. The summed E-state index contributed by atoms with van der Waals surface area (Å²) in [5.74, 6) is 2.62. The molecule has 1 aromatic carbocycles. The molecule has 1 saturated carbocycles. The Morgan fingerprint density at radius 2 is 1.83 bits per heavy atom. The Balaban J connectivity index is 0.000000294. The molecule has 3 heterocycles. The smallest absolute Gasteiger partial charge is 0.306 e. The number of ether oxygens (including phenoxy) is 2. The quantitative estimate of drug-likeness (QED) is 0.140. The van der Waals surface area contributed by atoms with Gasteiger partial charge >= 0.3 is 5.97 Å². The van der Waals surface area contributed by atoms with E-state index in [0.717, 1.165) is 48.1 Å². The zero-order valence-electron chi connectivity index (χ0n) is 29.0. The number of carbonyl (C=O) groups excluding carboxylic acids is 2. The summed E-state index contributed by atoms with van der Waals surface area (Å²) in [5.41, 5.74) is 5.48. The second-order valence-electron chi connectivity index (χ2n) is 12.5. The van der Waals surface area contributed by atoms with Gasteiger partial charge in [0.15, 0.2) is 0 Å². The molecule has 0 radical (unpaired) electrons. The molecule has 1 aliphatic heterocycles. The Morgan fingerprint density at radius 3 is 2.50 bits per heavy atom. The molecule has 1 atom stereocenters. The van der Waals surface area contributed by atoms with Crippen molar-refractivity contribution in [3.05, 3.63) is 42.7 Å². The number of piperidine rings is 1. The van der Waals surface area contributed by atoms with Gasteiger partial charge in [-0.1, -0.05) is 45.6 Å². The van der Waals surface area contributed by atoms with Crippen molar-refractivity contribution in [2.24, 2.45) is 11.7 Å². The number of hydrogen-bond donors (Lipinski definition) is 2. The fourth-order valence-corrected chi connectivity index (χ4v) is 6.35. The molecule has 1 saturated heterocycles. The number of rotatable bonds is 13. The van der Waals surface area contributed by atoms with Crippen LogP contribution in [0.1, 0.15) is 78.1 Å². The van der Waals surface area contributed by atoms with Gasteiger partial charge in [-0.25, -0.2) is 13.4 Å². The van der Waals surface area contributed by atoms with Crippen LogP contribution in [0.3, 0.4) is 0 Å². The van der Waals surface area contributed by atoms with E-state index in [9.17, 15) is 18.0 Å². The molecular formula is C35H54N6O6S. The van der Waals surface area contributed by atoms with Gasteiger partial charge in [0.1, 0.15) is 27.5 Å². The normalized spacial score (nSPS) is 16.1. The number of nitrogens with one attached hydrogen (secondary N) is 1. The first-order valence-electron chi connectivity index (χ1n) is 17.1. The summed E-state index contributed by atoms with van der Waals surface area (Å²) < 4.78 is 35.8. The summed E-state index contributed by atoms with van der Waals surface area (Å²) in [6.45, 7) is 5.88. The highest BCUT2D eigenvalue weighted by Crippen LogP contribution is 2.29. The van der Waals surface area contributed by atoms with Crippen LogP contribution in [0.25, 0.3) is 16.7 Å². The number of hydrogen-bond acceptors (Lipinski definition) is 10. The monoisotopic (exact) mass is 686 g/mol. The van der Waals surface area contributed by atoms with Gasteiger partial charge in [0.2, 0.25) is 12.4 Å². The minimum Gasteiger partial charge on any atom is -0.493 e. The summed E-state index contributed by atoms with van der Waals surface area (Å²) in [7, 11) is -1.47. The topological polar surface area (TPSA) is 159 Å². The molecule has 3 N–H and O–H groups in total. The summed E-state index contributed by atoms with van der Waals surface area (Å²) in [5, 5.41) is 4.45. The molecule has 1 unspecified atom stereocenters. The molecule has 2 aromatic heterocycles. The van der Waals surface area contributed by atoms with E-state index in [1.165, 1.54) is 45.4 Å². The lowest BCUT2D eigenvalue weighted by molar-refractivity contribution is -0.152. The number of nitrogens with two attached hydrogens (primary N) is 1. The number of sulfone groups is 1. The van der Waals surface area contributed by atoms with Crippen LogP contribution in [0.2, 0.25) is 0 Å². The maximum atomic E-state index is 11.5. The van der Waals surface area contributed by atoms with Gasteiger partial charge in [0, 0.05) is 62.4 Å². The van der Waals surface area contributed by atoms with E-state index in [-0.39, 0.29) is 17.8 Å². The summed E-state index contributed by atoms with van der Waals surface area (Å²) in [4.78, 5) is 32.9. The van der Waals surface area contributed by atoms with Crippen LogP contribution in [0, 0.1) is 5.92 Å². The summed E-state index contributed by atoms with van der Waals surface area (Å²) in [6, 6.07) is 10.2. The molecule has 13 heteroatoms. The Hall–Kier alpha value is -3.71. The highest BCUT2D eigenvalue weighted by molar-refractivity contribution is 7.90. The molecule has 0 bridgehead atoms. The highest BCUT2D eigenvalue weighted by atomic mass is 32.2. The second-order valence-corrected chi connectivity index (χ2v) is 14.7. The number of fused-ring (bicyclic) bond motifs is 1. The average Bonchev–Trinajstić information content (AvgIpc) is 3.53. The van der Waals surface area contributed by atoms with Crippen LogP contribution in [0.4, 0.5) is 5.95 Å². The average molecular weight is 687 g/mol. The largest absolute Gasteiger partial charge is 0.493 e. The van der Waals surface area contributed by atoms with Gasteiger partial charge in [-0.2, -0.15) is 4.98 Å². The molecule has 1 amide bonds. The van der Waals surface area contributed by atoms with Gasteiger partial charge < -0.3 is 30.0 Å². The van der Waals surface area contributed by atoms with Gasteiger partial charge in [-0.15, -0.1) is 0 Å². The number of likely N-dealkylation sites (tertiary alicyclic amines) is 1. The molecular weight excluding hydrogens is 632 g/mol. The molecule has 12 nitrogen and oxygen atoms in total. The summed E-state index contributed by atoms with van der Waals surface area (Å²) >= 11 is 0. The maximum Gasteiger partial charge on any atom is 0.306 e. The Morgan fingerprint density at radius 1 is 1.10 bits per heavy atom. The number of amides is 1. The first-order chi connectivity index (χ1) is 23.1. The van der Waals surface area contributed by atoms with E-state index >= 15 is 0 Å². The number of nitrogens with zero attached hydrogens (tertiary/aromatic N) is 4. The van der Waals surface area contributed by atoms with Gasteiger partial charge in [-0.3, -0.25) is 9.59 Å². The third-order valence-corrected chi connectivity index (χ3v) is 9.60. The number of aromatic nitrogens is 3. The van der Waals surface area contributed by atoms with Crippen LogP contribution >= 0.6 is 0 Å². The number of carbonyl (C=O) groups is 2. The molecule has 48 heavy (non-hydrogen) atoms. The molecule has 2 fully saturated rings. The lowest BCUT2D eigenvalue weighted by Gasteiger charge is -2.29. The molecule has 3 aromatic rings. The van der Waals surface area contributed by atoms with E-state index in [0.29, 0.717) is 50.4 Å². The van der Waals surface area contributed by atoms with Gasteiger partial charge in [-0.05, 0) is 56.5 Å². The SMILES string of the molecule is CCC(C)CC(=O)OC1CCN(C=O)CC1.CN.CS(=O)(=O)CCCOc1cccc2c1ccn2-c1ccnc(NC2CCCCC2)n1. The fourth-order valence-electron chi connectivity index (χ4n) is 5.71. The Labute approximate surface area is 285 Å². The van der Waals surface area contributed by atoms with Crippen LogP contribution in [-0.4, -0.2) is 91.1 Å². The zero-order chi connectivity index (χ0) is 34.9. The van der Waals surface area contributed by atoms with Crippen molar-refractivity contribution in [3.8, 4) is 11.6 Å². The first-order valence-corrected chi connectivity index (χ1v) is 19.2. The van der Waals surface area contributed by atoms with Crippen molar-refractivity contribution in [2.45, 2.75) is 90.2 Å². The molecule has 266 valence electrons. The van der Waals surface area contributed by atoms with Crippen molar-refractivity contribution >= 4 is 39.1 Å². The van der Waals surface area contributed by atoms with E-state index in [2.05, 4.69) is 29.9 Å². The van der Waals surface area contributed by atoms with Crippen LogP contribution in [0.15, 0.2) is 42.7 Å². The lowest BCUT2D eigenvalue weighted by Crippen LogP contribution is -2.37. The number of benzene rings is 1. The Kier molecular flexibility index (Phi) is 16.1. The lowest BCUT2D eigenvalue weighted by atomic mass is 9.96.